The molecule has 96 valence electrons. The van der Waals surface area contributed by atoms with Crippen LogP contribution in [0.25, 0.3) is 0 Å². The Bertz CT molecular complexity index is 341. The molecule has 1 aromatic rings. The van der Waals surface area contributed by atoms with Crippen molar-refractivity contribution >= 4 is 0 Å². The Morgan fingerprint density at radius 3 is 2.82 bits per heavy atom. The number of aromatic hydroxyl groups is 1. The molecular weight excluding hydrogens is 225 g/mol. The van der Waals surface area contributed by atoms with Crippen LogP contribution in [0.2, 0.25) is 0 Å². The highest BCUT2D eigenvalue weighted by Gasteiger charge is 2.08. The van der Waals surface area contributed by atoms with Crippen molar-refractivity contribution in [1.82, 2.24) is 5.32 Å². The second kappa shape index (κ2) is 7.21. The van der Waals surface area contributed by atoms with Crippen molar-refractivity contribution in [3.05, 3.63) is 29.6 Å². The zero-order valence-electron chi connectivity index (χ0n) is 9.82. The van der Waals surface area contributed by atoms with Gasteiger partial charge in [-0.2, -0.15) is 0 Å². The summed E-state index contributed by atoms with van der Waals surface area (Å²) in [5.41, 5.74) is 0.736. The van der Waals surface area contributed by atoms with Crippen LogP contribution in [0.3, 0.4) is 0 Å². The van der Waals surface area contributed by atoms with Crippen LogP contribution < -0.4 is 5.32 Å². The first-order chi connectivity index (χ1) is 8.17. The van der Waals surface area contributed by atoms with E-state index in [1.165, 1.54) is 12.1 Å². The molecule has 0 saturated carbocycles. The van der Waals surface area contributed by atoms with Crippen molar-refractivity contribution in [3.8, 4) is 5.75 Å². The molecule has 0 aliphatic carbocycles. The Balaban J connectivity index is 2.49. The minimum absolute atomic E-state index is 0.0295. The van der Waals surface area contributed by atoms with E-state index >= 15 is 0 Å². The summed E-state index contributed by atoms with van der Waals surface area (Å²) >= 11 is 0. The maximum Gasteiger partial charge on any atom is 0.165 e. The summed E-state index contributed by atoms with van der Waals surface area (Å²) in [7, 11) is 1.59. The van der Waals surface area contributed by atoms with E-state index in [1.807, 2.05) is 0 Å². The van der Waals surface area contributed by atoms with Gasteiger partial charge in [-0.1, -0.05) is 6.07 Å². The molecule has 1 atom stereocenters. The summed E-state index contributed by atoms with van der Waals surface area (Å²) in [5, 5.41) is 21.0. The van der Waals surface area contributed by atoms with Gasteiger partial charge in [-0.25, -0.2) is 4.39 Å². The average molecular weight is 243 g/mol. The molecule has 3 N–H and O–H groups in total. The van der Waals surface area contributed by atoms with Gasteiger partial charge in [-0.05, 0) is 24.1 Å². The Kier molecular flexibility index (Phi) is 5.90. The van der Waals surface area contributed by atoms with Crippen molar-refractivity contribution in [2.75, 3.05) is 20.3 Å². The third-order valence-electron chi connectivity index (χ3n) is 2.45. The fourth-order valence-electron chi connectivity index (χ4n) is 1.52. The third-order valence-corrected chi connectivity index (χ3v) is 2.45. The van der Waals surface area contributed by atoms with Gasteiger partial charge in [-0.15, -0.1) is 0 Å². The first-order valence-corrected chi connectivity index (χ1v) is 5.48. The number of ether oxygens (including phenoxy) is 1. The summed E-state index contributed by atoms with van der Waals surface area (Å²) in [5.74, 6) is -0.979. The van der Waals surface area contributed by atoms with Gasteiger partial charge >= 0.3 is 0 Å². The molecule has 0 aliphatic heterocycles. The average Bonchev–Trinajstić information content (AvgIpc) is 2.31. The highest BCUT2D eigenvalue weighted by atomic mass is 19.1. The van der Waals surface area contributed by atoms with Crippen molar-refractivity contribution in [2.45, 2.75) is 19.0 Å². The fraction of sp³-hybridized carbons (Fsp3) is 0.500. The van der Waals surface area contributed by atoms with Crippen LogP contribution in [0.15, 0.2) is 18.2 Å². The lowest BCUT2D eigenvalue weighted by Gasteiger charge is -2.16. The molecule has 1 aromatic carbocycles. The van der Waals surface area contributed by atoms with Crippen LogP contribution in [0.1, 0.15) is 12.0 Å². The van der Waals surface area contributed by atoms with Crippen LogP contribution in [0.5, 0.6) is 5.75 Å². The van der Waals surface area contributed by atoms with E-state index in [0.29, 0.717) is 19.6 Å². The second-order valence-corrected chi connectivity index (χ2v) is 3.83. The molecule has 17 heavy (non-hydrogen) atoms. The maximum absolute atomic E-state index is 13.1. The van der Waals surface area contributed by atoms with E-state index in [1.54, 1.807) is 13.2 Å². The summed E-state index contributed by atoms with van der Waals surface area (Å²) in [6.07, 6.45) is 0.578. The number of halogens is 1. The largest absolute Gasteiger partial charge is 0.505 e. The van der Waals surface area contributed by atoms with Gasteiger partial charge in [0.25, 0.3) is 0 Å². The van der Waals surface area contributed by atoms with E-state index in [0.717, 1.165) is 5.56 Å². The quantitative estimate of drug-likeness (QED) is 0.669. The Morgan fingerprint density at radius 2 is 2.24 bits per heavy atom. The van der Waals surface area contributed by atoms with Crippen LogP contribution in [-0.4, -0.2) is 36.6 Å². The van der Waals surface area contributed by atoms with Crippen LogP contribution in [0, 0.1) is 5.82 Å². The number of phenolic OH excluding ortho intramolecular Hbond substituents is 1. The van der Waals surface area contributed by atoms with Crippen molar-refractivity contribution < 1.29 is 19.3 Å². The van der Waals surface area contributed by atoms with E-state index in [-0.39, 0.29) is 18.4 Å². The number of methoxy groups -OCH3 is 1. The minimum Gasteiger partial charge on any atom is -0.505 e. The molecule has 1 rings (SSSR count). The minimum atomic E-state index is -0.630. The number of aliphatic hydroxyl groups excluding tert-OH is 1. The topological polar surface area (TPSA) is 61.7 Å². The van der Waals surface area contributed by atoms with Gasteiger partial charge in [-0.3, -0.25) is 0 Å². The lowest BCUT2D eigenvalue weighted by molar-refractivity contribution is 0.148. The molecular formula is C12H18FNO3. The van der Waals surface area contributed by atoms with E-state index in [4.69, 9.17) is 14.9 Å². The number of hydrogen-bond acceptors (Lipinski definition) is 4. The number of phenols is 1. The van der Waals surface area contributed by atoms with Gasteiger partial charge < -0.3 is 20.3 Å². The fourth-order valence-corrected chi connectivity index (χ4v) is 1.52. The first kappa shape index (κ1) is 13.9. The number of hydrogen-bond donors (Lipinski definition) is 3. The number of nitrogens with one attached hydrogen (secondary N) is 1. The standard InChI is InChI=1S/C12H18FNO3/c1-17-8-10(4-5-15)14-7-9-2-3-12(16)11(13)6-9/h2-3,6,10,14-16H,4-5,7-8H2,1H3. The van der Waals surface area contributed by atoms with Gasteiger partial charge in [0.2, 0.25) is 0 Å². The van der Waals surface area contributed by atoms with Gasteiger partial charge in [0.15, 0.2) is 11.6 Å². The van der Waals surface area contributed by atoms with Crippen molar-refractivity contribution in [2.24, 2.45) is 0 Å². The molecule has 0 aliphatic rings. The zero-order chi connectivity index (χ0) is 12.7. The summed E-state index contributed by atoms with van der Waals surface area (Å²) in [6, 6.07) is 4.28. The monoisotopic (exact) mass is 243 g/mol. The molecule has 0 amide bonds. The highest BCUT2D eigenvalue weighted by molar-refractivity contribution is 5.27. The summed E-state index contributed by atoms with van der Waals surface area (Å²) in [4.78, 5) is 0. The number of rotatable bonds is 7. The van der Waals surface area contributed by atoms with E-state index < -0.39 is 5.82 Å². The van der Waals surface area contributed by atoms with Crippen molar-refractivity contribution in [1.29, 1.82) is 0 Å². The third kappa shape index (κ3) is 4.68. The highest BCUT2D eigenvalue weighted by Crippen LogP contribution is 2.16. The molecule has 0 aromatic heterocycles. The predicted molar refractivity (Wildman–Crippen MR) is 62.3 cm³/mol. The predicted octanol–water partition coefficient (Wildman–Crippen LogP) is 1.02. The Labute approximate surface area is 100 Å². The van der Waals surface area contributed by atoms with E-state index in [9.17, 15) is 4.39 Å². The normalized spacial score (nSPS) is 12.6. The lowest BCUT2D eigenvalue weighted by Crippen LogP contribution is -2.33. The summed E-state index contributed by atoms with van der Waals surface area (Å²) in [6.45, 7) is 1.03. The van der Waals surface area contributed by atoms with Gasteiger partial charge in [0.05, 0.1) is 6.61 Å². The summed E-state index contributed by atoms with van der Waals surface area (Å²) < 4.78 is 18.1. The smallest absolute Gasteiger partial charge is 0.165 e. The second-order valence-electron chi connectivity index (χ2n) is 3.83. The van der Waals surface area contributed by atoms with Crippen LogP contribution in [0.4, 0.5) is 4.39 Å². The maximum atomic E-state index is 13.1. The Morgan fingerprint density at radius 1 is 1.47 bits per heavy atom. The van der Waals surface area contributed by atoms with E-state index in [2.05, 4.69) is 5.32 Å². The molecule has 0 spiro atoms. The SMILES string of the molecule is COCC(CCO)NCc1ccc(O)c(F)c1. The Hall–Kier alpha value is -1.17. The zero-order valence-corrected chi connectivity index (χ0v) is 9.82. The first-order valence-electron chi connectivity index (χ1n) is 5.48. The van der Waals surface area contributed by atoms with Crippen molar-refractivity contribution in [3.63, 3.8) is 0 Å². The number of aliphatic hydroxyl groups is 1. The van der Waals surface area contributed by atoms with Crippen LogP contribution >= 0.6 is 0 Å². The molecule has 1 unspecified atom stereocenters. The molecule has 0 fully saturated rings. The van der Waals surface area contributed by atoms with Crippen LogP contribution in [-0.2, 0) is 11.3 Å². The molecule has 0 bridgehead atoms. The van der Waals surface area contributed by atoms with Gasteiger partial charge in [0, 0.05) is 26.3 Å². The lowest BCUT2D eigenvalue weighted by atomic mass is 10.1. The molecule has 5 heteroatoms. The molecule has 0 heterocycles. The molecule has 4 nitrogen and oxygen atoms in total. The number of benzene rings is 1. The molecule has 0 saturated heterocycles. The molecule has 0 radical (unpaired) electrons. The van der Waals surface area contributed by atoms with Gasteiger partial charge in [0.1, 0.15) is 0 Å².